The lowest BCUT2D eigenvalue weighted by molar-refractivity contribution is 0.198. The summed E-state index contributed by atoms with van der Waals surface area (Å²) >= 11 is 0. The summed E-state index contributed by atoms with van der Waals surface area (Å²) in [7, 11) is 0. The van der Waals surface area contributed by atoms with E-state index in [2.05, 4.69) is 35.6 Å². The minimum absolute atomic E-state index is 0.0598. The van der Waals surface area contributed by atoms with Gasteiger partial charge in [0.05, 0.1) is 0 Å². The van der Waals surface area contributed by atoms with Crippen molar-refractivity contribution >= 4 is 5.82 Å². The number of nitrogens with zero attached hydrogens (tertiary/aromatic N) is 2. The van der Waals surface area contributed by atoms with Gasteiger partial charge in [-0.1, -0.05) is 20.8 Å². The van der Waals surface area contributed by atoms with Crippen LogP contribution in [0, 0.1) is 18.3 Å². The topological polar surface area (TPSA) is 49.0 Å². The Hall–Kier alpha value is -1.32. The molecule has 1 aromatic heterocycles. The molecule has 4 nitrogen and oxygen atoms in total. The maximum absolute atomic E-state index is 11.5. The van der Waals surface area contributed by atoms with Crippen LogP contribution in [0.25, 0.3) is 0 Å². The minimum atomic E-state index is -0.0598. The quantitative estimate of drug-likeness (QED) is 0.831. The molecule has 1 aliphatic heterocycles. The van der Waals surface area contributed by atoms with E-state index in [1.807, 2.05) is 6.92 Å². The molecule has 0 aromatic carbocycles. The zero-order valence-electron chi connectivity index (χ0n) is 11.8. The second kappa shape index (κ2) is 4.75. The number of anilines is 1. The highest BCUT2D eigenvalue weighted by Gasteiger charge is 2.29. The zero-order chi connectivity index (χ0) is 13.3. The summed E-state index contributed by atoms with van der Waals surface area (Å²) < 4.78 is 0. The Balaban J connectivity index is 2.08. The maximum Gasteiger partial charge on any atom is 0.252 e. The van der Waals surface area contributed by atoms with Crippen LogP contribution in [-0.2, 0) is 0 Å². The van der Waals surface area contributed by atoms with Gasteiger partial charge in [-0.05, 0) is 31.1 Å². The molecular formula is C14H23N3O. The summed E-state index contributed by atoms with van der Waals surface area (Å²) in [6.45, 7) is 10.7. The van der Waals surface area contributed by atoms with Gasteiger partial charge in [-0.15, -0.1) is 0 Å². The van der Waals surface area contributed by atoms with Gasteiger partial charge in [0.25, 0.3) is 5.56 Å². The number of piperidine rings is 1. The number of aromatic amines is 1. The van der Waals surface area contributed by atoms with Crippen molar-refractivity contribution in [2.45, 2.75) is 40.5 Å². The highest BCUT2D eigenvalue weighted by Crippen LogP contribution is 2.34. The molecule has 0 radical (unpaired) electrons. The average molecular weight is 249 g/mol. The molecule has 1 saturated heterocycles. The highest BCUT2D eigenvalue weighted by molar-refractivity contribution is 5.37. The molecule has 1 N–H and O–H groups in total. The molecule has 0 saturated carbocycles. The van der Waals surface area contributed by atoms with Crippen molar-refractivity contribution in [1.82, 2.24) is 9.97 Å². The maximum atomic E-state index is 11.5. The van der Waals surface area contributed by atoms with Crippen LogP contribution < -0.4 is 10.5 Å². The molecule has 0 atom stereocenters. The van der Waals surface area contributed by atoms with E-state index >= 15 is 0 Å². The molecule has 0 unspecified atom stereocenters. The van der Waals surface area contributed by atoms with Gasteiger partial charge in [-0.3, -0.25) is 4.79 Å². The molecule has 100 valence electrons. The van der Waals surface area contributed by atoms with Gasteiger partial charge in [0.2, 0.25) is 0 Å². The van der Waals surface area contributed by atoms with Crippen molar-refractivity contribution in [2.75, 3.05) is 18.0 Å². The number of H-pyrrole nitrogens is 1. The first-order chi connectivity index (χ1) is 8.36. The molecule has 0 spiro atoms. The third kappa shape index (κ3) is 2.92. The number of hydrogen-bond donors (Lipinski definition) is 1. The second-order valence-corrected chi connectivity index (χ2v) is 6.32. The van der Waals surface area contributed by atoms with E-state index < -0.39 is 0 Å². The molecule has 2 heterocycles. The fraction of sp³-hybridized carbons (Fsp3) is 0.714. The largest absolute Gasteiger partial charge is 0.356 e. The molecule has 2 rings (SSSR count). The molecule has 18 heavy (non-hydrogen) atoms. The van der Waals surface area contributed by atoms with E-state index in [0.29, 0.717) is 11.2 Å². The van der Waals surface area contributed by atoms with E-state index in [1.54, 1.807) is 6.07 Å². The van der Waals surface area contributed by atoms with E-state index in [0.717, 1.165) is 24.8 Å². The monoisotopic (exact) mass is 249 g/mol. The van der Waals surface area contributed by atoms with Crippen LogP contribution in [0.3, 0.4) is 0 Å². The zero-order valence-corrected chi connectivity index (χ0v) is 11.8. The Morgan fingerprint density at radius 1 is 1.33 bits per heavy atom. The molecule has 0 aliphatic carbocycles. The molecule has 1 aliphatic rings. The molecule has 4 heteroatoms. The third-order valence-electron chi connectivity index (χ3n) is 3.89. The molecular weight excluding hydrogens is 226 g/mol. The Morgan fingerprint density at radius 2 is 1.94 bits per heavy atom. The van der Waals surface area contributed by atoms with Gasteiger partial charge in [-0.2, -0.15) is 0 Å². The van der Waals surface area contributed by atoms with E-state index in [4.69, 9.17) is 0 Å². The van der Waals surface area contributed by atoms with Gasteiger partial charge in [0, 0.05) is 19.2 Å². The lowest BCUT2D eigenvalue weighted by Gasteiger charge is -2.39. The number of aromatic nitrogens is 2. The standard InChI is InChI=1S/C14H23N3O/c1-10-15-12(9-13(18)16-10)17-7-5-11(6-8-17)14(2,3)4/h9,11H,5-8H2,1-4H3,(H,15,16,18). The van der Waals surface area contributed by atoms with Gasteiger partial charge >= 0.3 is 0 Å². The number of nitrogens with one attached hydrogen (secondary N) is 1. The van der Waals surface area contributed by atoms with Crippen molar-refractivity contribution in [3.63, 3.8) is 0 Å². The Labute approximate surface area is 108 Å². The summed E-state index contributed by atoms with van der Waals surface area (Å²) in [6.07, 6.45) is 2.36. The van der Waals surface area contributed by atoms with Crippen molar-refractivity contribution < 1.29 is 0 Å². The second-order valence-electron chi connectivity index (χ2n) is 6.32. The molecule has 0 bridgehead atoms. The van der Waals surface area contributed by atoms with Crippen molar-refractivity contribution in [1.29, 1.82) is 0 Å². The average Bonchev–Trinajstić information content (AvgIpc) is 2.27. The summed E-state index contributed by atoms with van der Waals surface area (Å²) in [4.78, 5) is 20.8. The van der Waals surface area contributed by atoms with Crippen LogP contribution in [-0.4, -0.2) is 23.1 Å². The number of aryl methyl sites for hydroxylation is 1. The van der Waals surface area contributed by atoms with Crippen LogP contribution in [0.2, 0.25) is 0 Å². The van der Waals surface area contributed by atoms with Gasteiger partial charge < -0.3 is 9.88 Å². The summed E-state index contributed by atoms with van der Waals surface area (Å²) in [5, 5.41) is 0. The molecule has 1 fully saturated rings. The van der Waals surface area contributed by atoms with Crippen LogP contribution >= 0.6 is 0 Å². The first kappa shape index (κ1) is 13.1. The first-order valence-electron chi connectivity index (χ1n) is 6.69. The highest BCUT2D eigenvalue weighted by atomic mass is 16.1. The fourth-order valence-corrected chi connectivity index (χ4v) is 2.70. The Morgan fingerprint density at radius 3 is 2.44 bits per heavy atom. The first-order valence-corrected chi connectivity index (χ1v) is 6.69. The molecule has 1 aromatic rings. The van der Waals surface area contributed by atoms with E-state index in [1.165, 1.54) is 12.8 Å². The smallest absolute Gasteiger partial charge is 0.252 e. The van der Waals surface area contributed by atoms with Crippen LogP contribution in [0.5, 0.6) is 0 Å². The summed E-state index contributed by atoms with van der Waals surface area (Å²) in [5.41, 5.74) is 0.319. The predicted molar refractivity (Wildman–Crippen MR) is 74.0 cm³/mol. The van der Waals surface area contributed by atoms with Crippen LogP contribution in [0.15, 0.2) is 10.9 Å². The number of hydrogen-bond acceptors (Lipinski definition) is 3. The van der Waals surface area contributed by atoms with Gasteiger partial charge in [0.15, 0.2) is 0 Å². The van der Waals surface area contributed by atoms with E-state index in [-0.39, 0.29) is 5.56 Å². The Bertz CT molecular complexity index is 465. The van der Waals surface area contributed by atoms with Crippen molar-refractivity contribution in [3.05, 3.63) is 22.2 Å². The summed E-state index contributed by atoms with van der Waals surface area (Å²) in [5.74, 6) is 2.27. The summed E-state index contributed by atoms with van der Waals surface area (Å²) in [6, 6.07) is 1.60. The molecule has 0 amide bonds. The van der Waals surface area contributed by atoms with Gasteiger partial charge in [-0.25, -0.2) is 4.98 Å². The third-order valence-corrected chi connectivity index (χ3v) is 3.89. The predicted octanol–water partition coefficient (Wildman–Crippen LogP) is 2.34. The Kier molecular flexibility index (Phi) is 3.46. The lowest BCUT2D eigenvalue weighted by Crippen LogP contribution is -2.39. The van der Waals surface area contributed by atoms with Crippen molar-refractivity contribution in [2.24, 2.45) is 11.3 Å². The lowest BCUT2D eigenvalue weighted by atomic mass is 9.75. The van der Waals surface area contributed by atoms with Crippen LogP contribution in [0.1, 0.15) is 39.4 Å². The van der Waals surface area contributed by atoms with Crippen LogP contribution in [0.4, 0.5) is 5.82 Å². The van der Waals surface area contributed by atoms with Gasteiger partial charge in [0.1, 0.15) is 11.6 Å². The van der Waals surface area contributed by atoms with E-state index in [9.17, 15) is 4.79 Å². The normalized spacial score (nSPS) is 18.1. The number of rotatable bonds is 1. The minimum Gasteiger partial charge on any atom is -0.356 e. The fourth-order valence-electron chi connectivity index (χ4n) is 2.70. The van der Waals surface area contributed by atoms with Crippen molar-refractivity contribution in [3.8, 4) is 0 Å². The SMILES string of the molecule is Cc1nc(N2CCC(C(C)(C)C)CC2)cc(=O)[nH]1.